The van der Waals surface area contributed by atoms with Crippen molar-refractivity contribution in [3.8, 4) is 5.75 Å². The van der Waals surface area contributed by atoms with Gasteiger partial charge < -0.3 is 5.11 Å². The van der Waals surface area contributed by atoms with Crippen molar-refractivity contribution in [2.24, 2.45) is 10.9 Å². The van der Waals surface area contributed by atoms with Gasteiger partial charge in [-0.2, -0.15) is 0 Å². The zero-order valence-electron chi connectivity index (χ0n) is 14.0. The molecular weight excluding hydrogens is 336 g/mol. The number of phenolic OH excluding ortho intramolecular Hbond substituents is 1. The Morgan fingerprint density at radius 1 is 1.08 bits per heavy atom. The molecule has 4 nitrogen and oxygen atoms in total. The first-order valence-electron chi connectivity index (χ1n) is 8.66. The summed E-state index contributed by atoms with van der Waals surface area (Å²) in [6.45, 7) is 0. The van der Waals surface area contributed by atoms with Gasteiger partial charge in [-0.05, 0) is 73.4 Å². The van der Waals surface area contributed by atoms with E-state index in [-0.39, 0.29) is 0 Å². The molecule has 0 atom stereocenters. The van der Waals surface area contributed by atoms with Crippen molar-refractivity contribution in [1.82, 2.24) is 5.48 Å². The number of nitrogens with zero attached hydrogens (tertiary/aromatic N) is 1. The van der Waals surface area contributed by atoms with Gasteiger partial charge in [0.05, 0.1) is 5.69 Å². The SMILES string of the molecule is ONC(CC1CCC(c2ccc(O)cc2)CC1)=Nc1cccc(Cl)c1. The lowest BCUT2D eigenvalue weighted by molar-refractivity contribution is 0.226. The smallest absolute Gasteiger partial charge is 0.126 e. The van der Waals surface area contributed by atoms with E-state index in [4.69, 9.17) is 11.6 Å². The highest BCUT2D eigenvalue weighted by Crippen LogP contribution is 2.37. The Bertz CT molecular complexity index is 723. The van der Waals surface area contributed by atoms with Crippen molar-refractivity contribution in [3.63, 3.8) is 0 Å². The van der Waals surface area contributed by atoms with E-state index < -0.39 is 0 Å². The highest BCUT2D eigenvalue weighted by molar-refractivity contribution is 6.30. The number of aliphatic imine (C=N–C) groups is 1. The largest absolute Gasteiger partial charge is 0.508 e. The molecule has 0 saturated heterocycles. The number of aromatic hydroxyl groups is 1. The van der Waals surface area contributed by atoms with Gasteiger partial charge in [0.15, 0.2) is 0 Å². The first-order valence-corrected chi connectivity index (χ1v) is 9.04. The minimum atomic E-state index is 0.313. The van der Waals surface area contributed by atoms with Crippen LogP contribution in [0.25, 0.3) is 0 Å². The second kappa shape index (κ2) is 8.37. The summed E-state index contributed by atoms with van der Waals surface area (Å²) in [6, 6.07) is 14.8. The van der Waals surface area contributed by atoms with Crippen LogP contribution >= 0.6 is 11.6 Å². The lowest BCUT2D eigenvalue weighted by Gasteiger charge is -2.29. The number of hydrogen-bond acceptors (Lipinski definition) is 3. The first-order chi connectivity index (χ1) is 12.1. The molecule has 0 amide bonds. The van der Waals surface area contributed by atoms with Crippen molar-refractivity contribution >= 4 is 23.1 Å². The fourth-order valence-corrected chi connectivity index (χ4v) is 3.72. The number of halogens is 1. The first kappa shape index (κ1) is 17.8. The second-order valence-corrected chi connectivity index (χ2v) is 7.10. The van der Waals surface area contributed by atoms with Crippen LogP contribution in [0.3, 0.4) is 0 Å². The molecule has 2 aromatic rings. The van der Waals surface area contributed by atoms with Gasteiger partial charge in [-0.25, -0.2) is 4.99 Å². The molecule has 0 aromatic heterocycles. The van der Waals surface area contributed by atoms with Gasteiger partial charge in [-0.1, -0.05) is 29.8 Å². The Kier molecular flexibility index (Phi) is 5.95. The Balaban J connectivity index is 1.58. The van der Waals surface area contributed by atoms with Gasteiger partial charge in [-0.15, -0.1) is 0 Å². The molecular formula is C20H23ClN2O2. The number of hydrogen-bond donors (Lipinski definition) is 3. The zero-order valence-corrected chi connectivity index (χ0v) is 14.8. The van der Waals surface area contributed by atoms with E-state index in [1.54, 1.807) is 24.3 Å². The number of phenols is 1. The van der Waals surface area contributed by atoms with Crippen LogP contribution in [0.1, 0.15) is 43.6 Å². The third kappa shape index (κ3) is 4.97. The van der Waals surface area contributed by atoms with Crippen molar-refractivity contribution in [2.75, 3.05) is 0 Å². The Hall–Kier alpha value is -2.04. The maximum Gasteiger partial charge on any atom is 0.126 e. The molecule has 1 aliphatic carbocycles. The molecule has 1 aliphatic rings. The van der Waals surface area contributed by atoms with Crippen molar-refractivity contribution < 1.29 is 10.3 Å². The Morgan fingerprint density at radius 2 is 1.80 bits per heavy atom. The number of nitrogens with one attached hydrogen (secondary N) is 1. The van der Waals surface area contributed by atoms with Crippen molar-refractivity contribution in [3.05, 3.63) is 59.1 Å². The summed E-state index contributed by atoms with van der Waals surface area (Å²) in [7, 11) is 0. The monoisotopic (exact) mass is 358 g/mol. The number of amidine groups is 1. The molecule has 5 heteroatoms. The van der Waals surface area contributed by atoms with Crippen LogP contribution in [-0.2, 0) is 0 Å². The van der Waals surface area contributed by atoms with Gasteiger partial charge in [0.25, 0.3) is 0 Å². The molecule has 0 aliphatic heterocycles. The van der Waals surface area contributed by atoms with E-state index >= 15 is 0 Å². The second-order valence-electron chi connectivity index (χ2n) is 6.66. The predicted octanol–water partition coefficient (Wildman–Crippen LogP) is 5.42. The molecule has 1 fully saturated rings. The van der Waals surface area contributed by atoms with E-state index in [1.807, 2.05) is 24.3 Å². The van der Waals surface area contributed by atoms with E-state index in [1.165, 1.54) is 5.56 Å². The normalized spacial score (nSPS) is 21.1. The van der Waals surface area contributed by atoms with Crippen LogP contribution in [0.4, 0.5) is 5.69 Å². The van der Waals surface area contributed by atoms with Gasteiger partial charge in [0.2, 0.25) is 0 Å². The predicted molar refractivity (Wildman–Crippen MR) is 101 cm³/mol. The summed E-state index contributed by atoms with van der Waals surface area (Å²) in [5.74, 6) is 1.95. The standard InChI is InChI=1S/C20H23ClN2O2/c21-17-2-1-3-18(13-17)22-20(23-25)12-14-4-6-15(7-5-14)16-8-10-19(24)11-9-16/h1-3,8-11,13-15,24-25H,4-7,12H2,(H,22,23). The third-order valence-electron chi connectivity index (χ3n) is 4.89. The summed E-state index contributed by atoms with van der Waals surface area (Å²) >= 11 is 5.98. The van der Waals surface area contributed by atoms with Crippen LogP contribution in [0.5, 0.6) is 5.75 Å². The highest BCUT2D eigenvalue weighted by Gasteiger charge is 2.23. The average molecular weight is 359 g/mol. The summed E-state index contributed by atoms with van der Waals surface area (Å²) in [6.07, 6.45) is 5.16. The molecule has 132 valence electrons. The maximum atomic E-state index is 9.41. The molecule has 0 radical (unpaired) electrons. The number of rotatable bonds is 4. The summed E-state index contributed by atoms with van der Waals surface area (Å²) in [5, 5.41) is 19.4. The molecule has 3 rings (SSSR count). The van der Waals surface area contributed by atoms with Crippen LogP contribution < -0.4 is 5.48 Å². The minimum absolute atomic E-state index is 0.313. The van der Waals surface area contributed by atoms with Crippen LogP contribution in [0.15, 0.2) is 53.5 Å². The minimum Gasteiger partial charge on any atom is -0.508 e. The van der Waals surface area contributed by atoms with Crippen LogP contribution in [0.2, 0.25) is 5.02 Å². The Labute approximate surface area is 153 Å². The van der Waals surface area contributed by atoms with Gasteiger partial charge in [0, 0.05) is 11.4 Å². The summed E-state index contributed by atoms with van der Waals surface area (Å²) in [5.41, 5.74) is 4.28. The van der Waals surface area contributed by atoms with E-state index in [0.717, 1.165) is 37.8 Å². The van der Waals surface area contributed by atoms with Crippen LogP contribution in [0, 0.1) is 5.92 Å². The molecule has 0 unspecified atom stereocenters. The summed E-state index contributed by atoms with van der Waals surface area (Å²) in [4.78, 5) is 4.46. The van der Waals surface area contributed by atoms with Gasteiger partial charge >= 0.3 is 0 Å². The van der Waals surface area contributed by atoms with Gasteiger partial charge in [-0.3, -0.25) is 10.7 Å². The zero-order chi connectivity index (χ0) is 17.6. The molecule has 2 aromatic carbocycles. The average Bonchev–Trinajstić information content (AvgIpc) is 2.62. The van der Waals surface area contributed by atoms with E-state index in [9.17, 15) is 10.3 Å². The molecule has 0 spiro atoms. The lowest BCUT2D eigenvalue weighted by Crippen LogP contribution is -2.24. The number of benzene rings is 2. The maximum absolute atomic E-state index is 9.41. The quantitative estimate of drug-likeness (QED) is 0.388. The van der Waals surface area contributed by atoms with Crippen LogP contribution in [-0.4, -0.2) is 16.1 Å². The topological polar surface area (TPSA) is 64.8 Å². The lowest BCUT2D eigenvalue weighted by atomic mass is 9.77. The molecule has 0 heterocycles. The van der Waals surface area contributed by atoms with Crippen molar-refractivity contribution in [1.29, 1.82) is 0 Å². The van der Waals surface area contributed by atoms with E-state index in [2.05, 4.69) is 10.5 Å². The summed E-state index contributed by atoms with van der Waals surface area (Å²) < 4.78 is 0. The molecule has 3 N–H and O–H groups in total. The highest BCUT2D eigenvalue weighted by atomic mass is 35.5. The van der Waals surface area contributed by atoms with Crippen molar-refractivity contribution in [2.45, 2.75) is 38.0 Å². The van der Waals surface area contributed by atoms with E-state index in [0.29, 0.717) is 28.4 Å². The molecule has 0 bridgehead atoms. The molecule has 1 saturated carbocycles. The van der Waals surface area contributed by atoms with Gasteiger partial charge in [0.1, 0.15) is 11.6 Å². The fraction of sp³-hybridized carbons (Fsp3) is 0.350. The fourth-order valence-electron chi connectivity index (χ4n) is 3.54. The molecule has 25 heavy (non-hydrogen) atoms. The third-order valence-corrected chi connectivity index (χ3v) is 5.13. The number of hydroxylamine groups is 1. The Morgan fingerprint density at radius 3 is 2.44 bits per heavy atom.